The minimum Gasteiger partial charge on any atom is -0.456 e. The number of aromatic nitrogens is 5. The fourth-order valence-corrected chi connectivity index (χ4v) is 11.9. The number of rotatable bonds is 6. The lowest BCUT2D eigenvalue weighted by Gasteiger charge is -2.11. The lowest BCUT2D eigenvalue weighted by atomic mass is 9.97. The second-order valence-corrected chi connectivity index (χ2v) is 19.0. The van der Waals surface area contributed by atoms with Crippen LogP contribution < -0.4 is 0 Å². The minimum absolute atomic E-state index is 0.556. The average Bonchev–Trinajstić information content (AvgIpc) is 4.18. The van der Waals surface area contributed by atoms with Gasteiger partial charge < -0.3 is 8.98 Å². The molecule has 0 bridgehead atoms. The number of hydrogen-bond donors (Lipinski definition) is 0. The van der Waals surface area contributed by atoms with Gasteiger partial charge in [-0.15, -0.1) is 11.3 Å². The number of fused-ring (bicyclic) bond motifs is 12. The molecule has 0 saturated carbocycles. The Labute approximate surface area is 404 Å². The van der Waals surface area contributed by atoms with Crippen molar-refractivity contribution in [2.24, 2.45) is 0 Å². The average molecular weight is 912 g/mol. The lowest BCUT2D eigenvalue weighted by Crippen LogP contribution is -2.06. The van der Waals surface area contributed by atoms with Crippen LogP contribution in [0.4, 0.5) is 0 Å². The monoisotopic (exact) mass is 911 g/mol. The topological polar surface area (TPSA) is 61.7 Å². The smallest absolute Gasteiger partial charge is 0.238 e. The van der Waals surface area contributed by atoms with Gasteiger partial charge in [-0.05, 0) is 95.1 Å². The summed E-state index contributed by atoms with van der Waals surface area (Å²) in [5.41, 5.74) is 13.5. The molecule has 0 atom stereocenters. The van der Waals surface area contributed by atoms with E-state index in [1.165, 1.54) is 47.5 Å². The molecule has 6 nitrogen and oxygen atoms in total. The van der Waals surface area contributed by atoms with Crippen LogP contribution in [0.25, 0.3) is 142 Å². The number of hydrogen-bond acceptors (Lipinski definition) is 5. The maximum absolute atomic E-state index is 6.61. The number of thiophene rings is 1. The Balaban J connectivity index is 0.865. The Morgan fingerprint density at radius 3 is 1.63 bits per heavy atom. The summed E-state index contributed by atoms with van der Waals surface area (Å²) in [6.45, 7) is 0. The first-order chi connectivity index (χ1) is 34.7. The van der Waals surface area contributed by atoms with Crippen molar-refractivity contribution >= 4 is 97.1 Å². The van der Waals surface area contributed by atoms with Crippen molar-refractivity contribution in [2.75, 3.05) is 0 Å². The molecular weight excluding hydrogens is 875 g/mol. The molecule has 15 aromatic rings. The summed E-state index contributed by atoms with van der Waals surface area (Å²) in [5.74, 6) is 1.73. The molecule has 0 saturated heterocycles. The Morgan fingerprint density at radius 2 is 0.886 bits per heavy atom. The Kier molecular flexibility index (Phi) is 8.43. The van der Waals surface area contributed by atoms with Crippen molar-refractivity contribution in [2.45, 2.75) is 0 Å². The number of para-hydroxylation sites is 4. The largest absolute Gasteiger partial charge is 0.456 e. The minimum atomic E-state index is 0.556. The second kappa shape index (κ2) is 15.2. The molecule has 326 valence electrons. The van der Waals surface area contributed by atoms with Crippen molar-refractivity contribution in [1.82, 2.24) is 24.1 Å². The van der Waals surface area contributed by atoms with E-state index >= 15 is 0 Å². The highest BCUT2D eigenvalue weighted by molar-refractivity contribution is 7.25. The van der Waals surface area contributed by atoms with Crippen molar-refractivity contribution in [3.05, 3.63) is 224 Å². The van der Waals surface area contributed by atoms with Crippen molar-refractivity contribution in [1.29, 1.82) is 0 Å². The van der Waals surface area contributed by atoms with E-state index in [4.69, 9.17) is 19.4 Å². The van der Waals surface area contributed by atoms with E-state index in [0.29, 0.717) is 17.6 Å². The second-order valence-electron chi connectivity index (χ2n) is 18.0. The van der Waals surface area contributed by atoms with Gasteiger partial charge in [-0.1, -0.05) is 152 Å². The predicted octanol–water partition coefficient (Wildman–Crippen LogP) is 17.0. The molecule has 0 spiro atoms. The van der Waals surface area contributed by atoms with Gasteiger partial charge in [0.15, 0.2) is 11.6 Å². The van der Waals surface area contributed by atoms with Crippen molar-refractivity contribution < 1.29 is 4.42 Å². The SMILES string of the molecule is c1ccc(-n2c3ccccc3c3cc(-c4ccc(-c5ccc6oc7cccc(-c8nc(-c9ccc%10c(c9)sc9ccccc9%10)nc(-n9c%10ccccc%10c%10ccccc%109)n8)c7c6c5)cc4)ccc32)cc1. The molecule has 0 N–H and O–H groups in total. The van der Waals surface area contributed by atoms with E-state index in [2.05, 4.69) is 221 Å². The normalized spacial score (nSPS) is 12.0. The molecule has 0 radical (unpaired) electrons. The zero-order chi connectivity index (χ0) is 45.9. The predicted molar refractivity (Wildman–Crippen MR) is 290 cm³/mol. The third-order valence-corrected chi connectivity index (χ3v) is 15.1. The summed E-state index contributed by atoms with van der Waals surface area (Å²) in [6.07, 6.45) is 0. The fraction of sp³-hybridized carbons (Fsp3) is 0. The molecule has 7 heteroatoms. The van der Waals surface area contributed by atoms with Gasteiger partial charge in [0.2, 0.25) is 5.95 Å². The molecule has 70 heavy (non-hydrogen) atoms. The van der Waals surface area contributed by atoms with Crippen LogP contribution in [0.15, 0.2) is 229 Å². The molecule has 5 heterocycles. The third kappa shape index (κ3) is 5.95. The van der Waals surface area contributed by atoms with Crippen LogP contribution in [0.1, 0.15) is 0 Å². The summed E-state index contributed by atoms with van der Waals surface area (Å²) < 4.78 is 13.6. The third-order valence-electron chi connectivity index (χ3n) is 14.0. The summed E-state index contributed by atoms with van der Waals surface area (Å²) in [4.78, 5) is 16.0. The first-order valence-electron chi connectivity index (χ1n) is 23.5. The van der Waals surface area contributed by atoms with Crippen molar-refractivity contribution in [3.63, 3.8) is 0 Å². The molecule has 5 aromatic heterocycles. The highest BCUT2D eigenvalue weighted by Crippen LogP contribution is 2.41. The molecular formula is C63H37N5OS. The van der Waals surface area contributed by atoms with Crippen LogP contribution >= 0.6 is 11.3 Å². The summed E-state index contributed by atoms with van der Waals surface area (Å²) in [6, 6.07) is 79.8. The maximum atomic E-state index is 6.61. The molecule has 0 aliphatic rings. The standard InChI is InChI=1S/C63H37N5OS/c1-2-13-43(14-3-1)67-52-20-8-6-17-46(52)50-35-40(30-33-55(50)67)38-25-27-39(28-26-38)41-31-34-56-51(36-41)60-49(19-12-23-57(60)69-56)62-64-61(42-29-32-48-47-18-7-11-24-58(47)70-59(48)37-42)65-63(66-62)68-53-21-9-4-15-44(53)45-16-5-10-22-54(45)68/h1-37H. The van der Waals surface area contributed by atoms with E-state index < -0.39 is 0 Å². The first kappa shape index (κ1) is 38.9. The van der Waals surface area contributed by atoms with Crippen LogP contribution in [-0.2, 0) is 0 Å². The van der Waals surface area contributed by atoms with E-state index in [0.717, 1.165) is 77.2 Å². The summed E-state index contributed by atoms with van der Waals surface area (Å²) >= 11 is 1.79. The van der Waals surface area contributed by atoms with Crippen LogP contribution in [0.3, 0.4) is 0 Å². The van der Waals surface area contributed by atoms with Gasteiger partial charge >= 0.3 is 0 Å². The van der Waals surface area contributed by atoms with E-state index in [-0.39, 0.29) is 0 Å². The van der Waals surface area contributed by atoms with Crippen LogP contribution in [0, 0.1) is 0 Å². The van der Waals surface area contributed by atoms with Crippen LogP contribution in [0.2, 0.25) is 0 Å². The van der Waals surface area contributed by atoms with Crippen LogP contribution in [0.5, 0.6) is 0 Å². The lowest BCUT2D eigenvalue weighted by molar-refractivity contribution is 0.669. The summed E-state index contributed by atoms with van der Waals surface area (Å²) in [5, 5.41) is 9.21. The fourth-order valence-electron chi connectivity index (χ4n) is 10.8. The van der Waals surface area contributed by atoms with Crippen molar-refractivity contribution in [3.8, 4) is 56.7 Å². The van der Waals surface area contributed by atoms with Gasteiger partial charge in [-0.2, -0.15) is 9.97 Å². The number of nitrogens with zero attached hydrogens (tertiary/aromatic N) is 5. The molecule has 15 rings (SSSR count). The zero-order valence-electron chi connectivity index (χ0n) is 37.4. The van der Waals surface area contributed by atoms with Gasteiger partial charge in [0, 0.05) is 69.3 Å². The quantitative estimate of drug-likeness (QED) is 0.167. The van der Waals surface area contributed by atoms with Gasteiger partial charge in [0.05, 0.1) is 22.1 Å². The van der Waals surface area contributed by atoms with Gasteiger partial charge in [-0.25, -0.2) is 4.98 Å². The number of benzene rings is 10. The Morgan fingerprint density at radius 1 is 0.329 bits per heavy atom. The van der Waals surface area contributed by atoms with Gasteiger partial charge in [-0.3, -0.25) is 4.57 Å². The molecule has 0 unspecified atom stereocenters. The Hall–Kier alpha value is -9.17. The highest BCUT2D eigenvalue weighted by Gasteiger charge is 2.22. The maximum Gasteiger partial charge on any atom is 0.238 e. The number of furan rings is 1. The van der Waals surface area contributed by atoms with E-state index in [9.17, 15) is 0 Å². The van der Waals surface area contributed by atoms with E-state index in [1.54, 1.807) is 11.3 Å². The van der Waals surface area contributed by atoms with Gasteiger partial charge in [0.1, 0.15) is 11.2 Å². The van der Waals surface area contributed by atoms with Gasteiger partial charge in [0.25, 0.3) is 0 Å². The molecule has 0 aliphatic heterocycles. The highest BCUT2D eigenvalue weighted by atomic mass is 32.1. The zero-order valence-corrected chi connectivity index (χ0v) is 38.2. The summed E-state index contributed by atoms with van der Waals surface area (Å²) in [7, 11) is 0. The Bertz CT molecular complexity index is 4540. The molecule has 0 aliphatic carbocycles. The molecule has 0 amide bonds. The molecule has 10 aromatic carbocycles. The molecule has 0 fully saturated rings. The van der Waals surface area contributed by atoms with E-state index in [1.807, 2.05) is 12.1 Å². The van der Waals surface area contributed by atoms with Crippen LogP contribution in [-0.4, -0.2) is 24.1 Å². The first-order valence-corrected chi connectivity index (χ1v) is 24.3.